The second-order valence-electron chi connectivity index (χ2n) is 4.61. The SMILES string of the molecule is CCC(N)Cc1cc(F)ccc1OCc1nnn(C)n1. The van der Waals surface area contributed by atoms with Crippen LogP contribution < -0.4 is 10.5 Å². The molecule has 0 amide bonds. The Bertz CT molecular complexity index is 572. The van der Waals surface area contributed by atoms with E-state index in [1.165, 1.54) is 16.9 Å². The predicted molar refractivity (Wildman–Crippen MR) is 71.5 cm³/mol. The first-order valence-electron chi connectivity index (χ1n) is 6.48. The van der Waals surface area contributed by atoms with E-state index in [0.717, 1.165) is 12.0 Å². The van der Waals surface area contributed by atoms with Gasteiger partial charge in [0.15, 0.2) is 6.61 Å². The smallest absolute Gasteiger partial charge is 0.212 e. The Morgan fingerprint density at radius 1 is 1.45 bits per heavy atom. The Hall–Kier alpha value is -2.02. The summed E-state index contributed by atoms with van der Waals surface area (Å²) in [6.07, 6.45) is 1.39. The van der Waals surface area contributed by atoms with Crippen LogP contribution >= 0.6 is 0 Å². The highest BCUT2D eigenvalue weighted by Gasteiger charge is 2.11. The van der Waals surface area contributed by atoms with Crippen molar-refractivity contribution in [1.29, 1.82) is 0 Å². The molecular formula is C13H18FN5O. The maximum absolute atomic E-state index is 13.3. The Balaban J connectivity index is 2.09. The quantitative estimate of drug-likeness (QED) is 0.859. The summed E-state index contributed by atoms with van der Waals surface area (Å²) in [5.41, 5.74) is 6.67. The first-order valence-corrected chi connectivity index (χ1v) is 6.48. The minimum absolute atomic E-state index is 0.0196. The maximum atomic E-state index is 13.3. The maximum Gasteiger partial charge on any atom is 0.212 e. The van der Waals surface area contributed by atoms with E-state index in [4.69, 9.17) is 10.5 Å². The zero-order valence-corrected chi connectivity index (χ0v) is 11.6. The molecule has 0 bridgehead atoms. The van der Waals surface area contributed by atoms with Crippen molar-refractivity contribution in [3.8, 4) is 5.75 Å². The normalized spacial score (nSPS) is 12.4. The van der Waals surface area contributed by atoms with Crippen LogP contribution in [0, 0.1) is 5.82 Å². The van der Waals surface area contributed by atoms with Crippen LogP contribution in [0.5, 0.6) is 5.75 Å². The monoisotopic (exact) mass is 279 g/mol. The molecule has 0 saturated heterocycles. The van der Waals surface area contributed by atoms with Crippen molar-refractivity contribution in [2.24, 2.45) is 12.8 Å². The van der Waals surface area contributed by atoms with Crippen LogP contribution in [0.3, 0.4) is 0 Å². The van der Waals surface area contributed by atoms with Gasteiger partial charge in [-0.2, -0.15) is 4.80 Å². The van der Waals surface area contributed by atoms with Crippen LogP contribution in [-0.4, -0.2) is 26.2 Å². The molecule has 0 radical (unpaired) electrons. The summed E-state index contributed by atoms with van der Waals surface area (Å²) < 4.78 is 19.0. The Labute approximate surface area is 116 Å². The van der Waals surface area contributed by atoms with E-state index in [9.17, 15) is 4.39 Å². The molecule has 20 heavy (non-hydrogen) atoms. The molecule has 0 aliphatic rings. The third-order valence-corrected chi connectivity index (χ3v) is 2.94. The largest absolute Gasteiger partial charge is 0.485 e. The van der Waals surface area contributed by atoms with Crippen molar-refractivity contribution in [2.75, 3.05) is 0 Å². The van der Waals surface area contributed by atoms with Crippen molar-refractivity contribution < 1.29 is 9.13 Å². The van der Waals surface area contributed by atoms with Crippen LogP contribution in [0.1, 0.15) is 24.7 Å². The summed E-state index contributed by atoms with van der Waals surface area (Å²) in [5, 5.41) is 11.6. The minimum Gasteiger partial charge on any atom is -0.485 e. The fourth-order valence-electron chi connectivity index (χ4n) is 1.80. The number of rotatable bonds is 6. The molecule has 7 heteroatoms. The fourth-order valence-corrected chi connectivity index (χ4v) is 1.80. The summed E-state index contributed by atoms with van der Waals surface area (Å²) in [4.78, 5) is 1.36. The van der Waals surface area contributed by atoms with Gasteiger partial charge in [0.25, 0.3) is 0 Å². The molecule has 0 saturated carbocycles. The lowest BCUT2D eigenvalue weighted by Crippen LogP contribution is -2.21. The van der Waals surface area contributed by atoms with E-state index < -0.39 is 0 Å². The van der Waals surface area contributed by atoms with Gasteiger partial charge in [-0.25, -0.2) is 4.39 Å². The lowest BCUT2D eigenvalue weighted by atomic mass is 10.0. The molecule has 2 N–H and O–H groups in total. The third-order valence-electron chi connectivity index (χ3n) is 2.94. The average Bonchev–Trinajstić information content (AvgIpc) is 2.83. The third kappa shape index (κ3) is 3.74. The molecule has 0 aliphatic carbocycles. The summed E-state index contributed by atoms with van der Waals surface area (Å²) in [6, 6.07) is 4.40. The number of hydrogen-bond donors (Lipinski definition) is 1. The highest BCUT2D eigenvalue weighted by molar-refractivity contribution is 5.34. The summed E-state index contributed by atoms with van der Waals surface area (Å²) in [6.45, 7) is 2.18. The van der Waals surface area contributed by atoms with E-state index in [2.05, 4.69) is 15.4 Å². The second kappa shape index (κ2) is 6.42. The number of nitrogens with two attached hydrogens (primary N) is 1. The number of hydrogen-bond acceptors (Lipinski definition) is 5. The molecule has 0 spiro atoms. The lowest BCUT2D eigenvalue weighted by Gasteiger charge is -2.13. The zero-order chi connectivity index (χ0) is 14.5. The number of benzene rings is 1. The average molecular weight is 279 g/mol. The van der Waals surface area contributed by atoms with Gasteiger partial charge in [-0.15, -0.1) is 10.2 Å². The number of aromatic nitrogens is 4. The van der Waals surface area contributed by atoms with Gasteiger partial charge in [-0.3, -0.25) is 0 Å². The zero-order valence-electron chi connectivity index (χ0n) is 11.6. The van der Waals surface area contributed by atoms with Crippen LogP contribution in [0.2, 0.25) is 0 Å². The molecule has 2 aromatic rings. The Morgan fingerprint density at radius 3 is 2.90 bits per heavy atom. The van der Waals surface area contributed by atoms with Gasteiger partial charge < -0.3 is 10.5 Å². The molecule has 0 aliphatic heterocycles. The van der Waals surface area contributed by atoms with Crippen molar-refractivity contribution in [2.45, 2.75) is 32.4 Å². The number of halogens is 1. The first-order chi connectivity index (χ1) is 9.58. The Morgan fingerprint density at radius 2 is 2.25 bits per heavy atom. The van der Waals surface area contributed by atoms with Gasteiger partial charge in [-0.1, -0.05) is 6.92 Å². The number of tetrazole rings is 1. The van der Waals surface area contributed by atoms with Crippen molar-refractivity contribution in [1.82, 2.24) is 20.2 Å². The van der Waals surface area contributed by atoms with Crippen LogP contribution in [-0.2, 0) is 20.1 Å². The lowest BCUT2D eigenvalue weighted by molar-refractivity contribution is 0.291. The van der Waals surface area contributed by atoms with Crippen LogP contribution in [0.25, 0.3) is 0 Å². The molecule has 1 heterocycles. The topological polar surface area (TPSA) is 78.9 Å². The standard InChI is InChI=1S/C13H18FN5O/c1-3-11(15)7-9-6-10(14)4-5-12(9)20-8-13-16-18-19(2)17-13/h4-6,11H,3,7-8,15H2,1-2H3. The van der Waals surface area contributed by atoms with Crippen LogP contribution in [0.15, 0.2) is 18.2 Å². The van der Waals surface area contributed by atoms with E-state index >= 15 is 0 Å². The van der Waals surface area contributed by atoms with E-state index in [1.807, 2.05) is 6.92 Å². The highest BCUT2D eigenvalue weighted by Crippen LogP contribution is 2.22. The highest BCUT2D eigenvalue weighted by atomic mass is 19.1. The van der Waals surface area contributed by atoms with Crippen molar-refractivity contribution in [3.63, 3.8) is 0 Å². The molecule has 0 fully saturated rings. The molecule has 108 valence electrons. The van der Waals surface area contributed by atoms with Crippen LogP contribution in [0.4, 0.5) is 4.39 Å². The van der Waals surface area contributed by atoms with Gasteiger partial charge in [0.05, 0.1) is 7.05 Å². The number of aryl methyl sites for hydroxylation is 1. The summed E-state index contributed by atoms with van der Waals surface area (Å²) in [7, 11) is 1.68. The predicted octanol–water partition coefficient (Wildman–Crippen LogP) is 1.21. The molecule has 1 aromatic heterocycles. The Kier molecular flexibility index (Phi) is 4.62. The van der Waals surface area contributed by atoms with Gasteiger partial charge in [0, 0.05) is 6.04 Å². The molecule has 1 unspecified atom stereocenters. The first kappa shape index (κ1) is 14.4. The second-order valence-corrected chi connectivity index (χ2v) is 4.61. The molecule has 1 aromatic carbocycles. The number of ether oxygens (including phenoxy) is 1. The van der Waals surface area contributed by atoms with Gasteiger partial charge in [0.2, 0.25) is 5.82 Å². The molecular weight excluding hydrogens is 261 g/mol. The van der Waals surface area contributed by atoms with Gasteiger partial charge in [0.1, 0.15) is 11.6 Å². The van der Waals surface area contributed by atoms with Gasteiger partial charge >= 0.3 is 0 Å². The molecule has 2 rings (SSSR count). The van der Waals surface area contributed by atoms with Crippen molar-refractivity contribution >= 4 is 0 Å². The molecule has 6 nitrogen and oxygen atoms in total. The van der Waals surface area contributed by atoms with Gasteiger partial charge in [-0.05, 0) is 41.8 Å². The van der Waals surface area contributed by atoms with E-state index in [1.54, 1.807) is 13.1 Å². The fraction of sp³-hybridized carbons (Fsp3) is 0.462. The minimum atomic E-state index is -0.298. The summed E-state index contributed by atoms with van der Waals surface area (Å²) in [5.74, 6) is 0.776. The summed E-state index contributed by atoms with van der Waals surface area (Å²) >= 11 is 0. The molecule has 1 atom stereocenters. The number of nitrogens with zero attached hydrogens (tertiary/aromatic N) is 4. The van der Waals surface area contributed by atoms with Crippen molar-refractivity contribution in [3.05, 3.63) is 35.4 Å². The van der Waals surface area contributed by atoms with E-state index in [-0.39, 0.29) is 18.5 Å². The van der Waals surface area contributed by atoms with E-state index in [0.29, 0.717) is 18.0 Å².